The third-order valence-corrected chi connectivity index (χ3v) is 3.92. The highest BCUT2D eigenvalue weighted by Crippen LogP contribution is 2.29. The smallest absolute Gasteiger partial charge is 0.128 e. The second-order valence-electron chi connectivity index (χ2n) is 4.75. The quantitative estimate of drug-likeness (QED) is 0.908. The Balaban J connectivity index is 2.45. The molecule has 0 aliphatic heterocycles. The third-order valence-electron chi connectivity index (χ3n) is 2.65. The zero-order valence-electron chi connectivity index (χ0n) is 11.1. The van der Waals surface area contributed by atoms with Crippen LogP contribution in [0, 0.1) is 12.7 Å². The van der Waals surface area contributed by atoms with E-state index in [9.17, 15) is 4.39 Å². The number of nitrogens with one attached hydrogen (secondary N) is 1. The van der Waals surface area contributed by atoms with Crippen molar-refractivity contribution < 1.29 is 4.39 Å². The van der Waals surface area contributed by atoms with Crippen LogP contribution in [0.5, 0.6) is 0 Å². The van der Waals surface area contributed by atoms with Crippen LogP contribution in [-0.2, 0) is 0 Å². The minimum Gasteiger partial charge on any atom is -0.302 e. The predicted octanol–water partition coefficient (Wildman–Crippen LogP) is 4.33. The van der Waals surface area contributed by atoms with Crippen molar-refractivity contribution in [2.45, 2.75) is 32.9 Å². The molecule has 2 aromatic rings. The standard InChI is InChI=1S/C14H16ClFN2S/c1-8(2)17-13(14-18-9(3)7-19-14)11-6-10(15)4-5-12(11)16/h4-8,13,17H,1-3H3. The van der Waals surface area contributed by atoms with Gasteiger partial charge in [0, 0.05) is 27.7 Å². The summed E-state index contributed by atoms with van der Waals surface area (Å²) in [5.74, 6) is -0.268. The fraction of sp³-hybridized carbons (Fsp3) is 0.357. The zero-order chi connectivity index (χ0) is 14.0. The maximum atomic E-state index is 14.0. The van der Waals surface area contributed by atoms with Gasteiger partial charge in [0.05, 0.1) is 6.04 Å². The van der Waals surface area contributed by atoms with Gasteiger partial charge >= 0.3 is 0 Å². The first kappa shape index (κ1) is 14.4. The normalized spacial score (nSPS) is 12.9. The molecule has 5 heteroatoms. The van der Waals surface area contributed by atoms with E-state index in [1.165, 1.54) is 17.4 Å². The third kappa shape index (κ3) is 3.53. The fourth-order valence-corrected chi connectivity index (χ4v) is 2.92. The molecule has 0 spiro atoms. The van der Waals surface area contributed by atoms with Gasteiger partial charge in [0.1, 0.15) is 10.8 Å². The molecule has 0 radical (unpaired) electrons. The molecule has 1 unspecified atom stereocenters. The van der Waals surface area contributed by atoms with Crippen LogP contribution in [0.2, 0.25) is 5.02 Å². The number of rotatable bonds is 4. The summed E-state index contributed by atoms with van der Waals surface area (Å²) >= 11 is 7.50. The summed E-state index contributed by atoms with van der Waals surface area (Å²) in [6.07, 6.45) is 0. The highest BCUT2D eigenvalue weighted by Gasteiger charge is 2.21. The molecule has 1 aromatic carbocycles. The molecule has 102 valence electrons. The van der Waals surface area contributed by atoms with Gasteiger partial charge in [-0.3, -0.25) is 0 Å². The topological polar surface area (TPSA) is 24.9 Å². The van der Waals surface area contributed by atoms with Crippen molar-refractivity contribution >= 4 is 22.9 Å². The Morgan fingerprint density at radius 2 is 2.11 bits per heavy atom. The summed E-state index contributed by atoms with van der Waals surface area (Å²) in [4.78, 5) is 4.46. The van der Waals surface area contributed by atoms with Gasteiger partial charge in [-0.1, -0.05) is 11.6 Å². The monoisotopic (exact) mass is 298 g/mol. The number of nitrogens with zero attached hydrogens (tertiary/aromatic N) is 1. The van der Waals surface area contributed by atoms with Gasteiger partial charge < -0.3 is 5.32 Å². The number of halogens is 2. The molecule has 1 atom stereocenters. The number of benzene rings is 1. The molecule has 1 aromatic heterocycles. The lowest BCUT2D eigenvalue weighted by atomic mass is 10.1. The van der Waals surface area contributed by atoms with Gasteiger partial charge in [-0.2, -0.15) is 0 Å². The van der Waals surface area contributed by atoms with Crippen LogP contribution in [0.15, 0.2) is 23.6 Å². The molecule has 0 aliphatic rings. The summed E-state index contributed by atoms with van der Waals surface area (Å²) in [7, 11) is 0. The Kier molecular flexibility index (Phi) is 4.55. The minimum atomic E-state index is -0.268. The maximum Gasteiger partial charge on any atom is 0.128 e. The molecule has 1 N–H and O–H groups in total. The first-order chi connectivity index (χ1) is 8.97. The van der Waals surface area contributed by atoms with Gasteiger partial charge in [0.15, 0.2) is 0 Å². The predicted molar refractivity (Wildman–Crippen MR) is 78.4 cm³/mol. The van der Waals surface area contributed by atoms with E-state index in [0.717, 1.165) is 10.7 Å². The van der Waals surface area contributed by atoms with E-state index < -0.39 is 0 Å². The minimum absolute atomic E-state index is 0.215. The van der Waals surface area contributed by atoms with Crippen LogP contribution in [0.3, 0.4) is 0 Å². The van der Waals surface area contributed by atoms with E-state index >= 15 is 0 Å². The van der Waals surface area contributed by atoms with E-state index in [2.05, 4.69) is 10.3 Å². The Labute approximate surface area is 121 Å². The van der Waals surface area contributed by atoms with Crippen LogP contribution in [0.1, 0.15) is 36.2 Å². The lowest BCUT2D eigenvalue weighted by Gasteiger charge is -2.20. The molecule has 2 rings (SSSR count). The van der Waals surface area contributed by atoms with Gasteiger partial charge in [-0.15, -0.1) is 11.3 Å². The summed E-state index contributed by atoms with van der Waals surface area (Å²) in [6, 6.07) is 4.56. The number of aryl methyl sites for hydroxylation is 1. The molecule has 0 aliphatic carbocycles. The molecule has 2 nitrogen and oxygen atoms in total. The van der Waals surface area contributed by atoms with E-state index in [-0.39, 0.29) is 17.9 Å². The number of thiazole rings is 1. The van der Waals surface area contributed by atoms with Crippen LogP contribution in [-0.4, -0.2) is 11.0 Å². The van der Waals surface area contributed by atoms with E-state index in [1.807, 2.05) is 26.2 Å². The molecular formula is C14H16ClFN2S. The lowest BCUT2D eigenvalue weighted by molar-refractivity contribution is 0.501. The second kappa shape index (κ2) is 5.99. The number of hydrogen-bond acceptors (Lipinski definition) is 3. The Hall–Kier alpha value is -0.970. The molecule has 0 amide bonds. The first-order valence-electron chi connectivity index (χ1n) is 6.10. The van der Waals surface area contributed by atoms with Crippen molar-refractivity contribution in [2.75, 3.05) is 0 Å². The van der Waals surface area contributed by atoms with Gasteiger partial charge in [-0.05, 0) is 39.0 Å². The molecule has 1 heterocycles. The second-order valence-corrected chi connectivity index (χ2v) is 6.07. The van der Waals surface area contributed by atoms with Crippen molar-refractivity contribution in [1.82, 2.24) is 10.3 Å². The molecule has 0 bridgehead atoms. The lowest BCUT2D eigenvalue weighted by Crippen LogP contribution is -2.29. The maximum absolute atomic E-state index is 14.0. The average Bonchev–Trinajstić information content (AvgIpc) is 2.76. The highest BCUT2D eigenvalue weighted by atomic mass is 35.5. The van der Waals surface area contributed by atoms with Gasteiger partial charge in [0.25, 0.3) is 0 Å². The molecule has 0 saturated heterocycles. The van der Waals surface area contributed by atoms with Crippen molar-refractivity contribution in [3.05, 3.63) is 50.7 Å². The highest BCUT2D eigenvalue weighted by molar-refractivity contribution is 7.09. The van der Waals surface area contributed by atoms with Crippen molar-refractivity contribution in [3.63, 3.8) is 0 Å². The number of aromatic nitrogens is 1. The fourth-order valence-electron chi connectivity index (χ4n) is 1.87. The van der Waals surface area contributed by atoms with Crippen LogP contribution in [0.4, 0.5) is 4.39 Å². The van der Waals surface area contributed by atoms with E-state index in [4.69, 9.17) is 11.6 Å². The van der Waals surface area contributed by atoms with Crippen LogP contribution < -0.4 is 5.32 Å². The molecule has 0 fully saturated rings. The summed E-state index contributed by atoms with van der Waals surface area (Å²) in [5, 5.41) is 6.69. The van der Waals surface area contributed by atoms with E-state index in [1.54, 1.807) is 12.1 Å². The first-order valence-corrected chi connectivity index (χ1v) is 7.36. The van der Waals surface area contributed by atoms with Crippen molar-refractivity contribution in [3.8, 4) is 0 Å². The summed E-state index contributed by atoms with van der Waals surface area (Å²) < 4.78 is 14.0. The molecule has 0 saturated carbocycles. The van der Waals surface area contributed by atoms with Crippen molar-refractivity contribution in [2.24, 2.45) is 0 Å². The van der Waals surface area contributed by atoms with Crippen molar-refractivity contribution in [1.29, 1.82) is 0 Å². The van der Waals surface area contributed by atoms with Crippen LogP contribution in [0.25, 0.3) is 0 Å². The summed E-state index contributed by atoms with van der Waals surface area (Å²) in [5.41, 5.74) is 1.48. The largest absolute Gasteiger partial charge is 0.302 e. The Bertz CT molecular complexity index is 568. The van der Waals surface area contributed by atoms with Gasteiger partial charge in [-0.25, -0.2) is 9.37 Å². The SMILES string of the molecule is Cc1csc(C(NC(C)C)c2cc(Cl)ccc2F)n1. The van der Waals surface area contributed by atoms with Crippen LogP contribution >= 0.6 is 22.9 Å². The Morgan fingerprint density at radius 3 is 2.68 bits per heavy atom. The zero-order valence-corrected chi connectivity index (χ0v) is 12.6. The number of hydrogen-bond donors (Lipinski definition) is 1. The summed E-state index contributed by atoms with van der Waals surface area (Å²) in [6.45, 7) is 5.98. The Morgan fingerprint density at radius 1 is 1.37 bits per heavy atom. The molecule has 19 heavy (non-hydrogen) atoms. The average molecular weight is 299 g/mol. The molecular weight excluding hydrogens is 283 g/mol. The van der Waals surface area contributed by atoms with Gasteiger partial charge in [0.2, 0.25) is 0 Å². The van der Waals surface area contributed by atoms with E-state index in [0.29, 0.717) is 10.6 Å².